The van der Waals surface area contributed by atoms with E-state index < -0.39 is 0 Å². The van der Waals surface area contributed by atoms with E-state index in [1.807, 2.05) is 24.7 Å². The quantitative estimate of drug-likeness (QED) is 0.667. The van der Waals surface area contributed by atoms with Gasteiger partial charge in [0.1, 0.15) is 5.82 Å². The van der Waals surface area contributed by atoms with Crippen molar-refractivity contribution < 1.29 is 4.39 Å². The van der Waals surface area contributed by atoms with Gasteiger partial charge in [-0.1, -0.05) is 0 Å². The van der Waals surface area contributed by atoms with Gasteiger partial charge < -0.3 is 4.57 Å². The highest BCUT2D eigenvalue weighted by molar-refractivity contribution is 9.10. The molecule has 0 spiro atoms. The van der Waals surface area contributed by atoms with E-state index in [2.05, 4.69) is 15.9 Å². The number of hydrogen-bond acceptors (Lipinski definition) is 0. The van der Waals surface area contributed by atoms with Crippen LogP contribution in [0.4, 0.5) is 4.39 Å². The van der Waals surface area contributed by atoms with Crippen molar-refractivity contribution >= 4 is 26.8 Å². The number of hydrogen-bond donors (Lipinski definition) is 0. The monoisotopic (exact) mass is 241 g/mol. The summed E-state index contributed by atoms with van der Waals surface area (Å²) in [6.07, 6.45) is 2.00. The molecule has 0 saturated carbocycles. The molecule has 0 radical (unpaired) electrons. The van der Waals surface area contributed by atoms with Gasteiger partial charge >= 0.3 is 0 Å². The second-order valence-electron chi connectivity index (χ2n) is 3.21. The lowest BCUT2D eigenvalue weighted by atomic mass is 10.2. The van der Waals surface area contributed by atoms with Crippen LogP contribution in [0.3, 0.4) is 0 Å². The number of benzene rings is 1. The molecule has 1 nitrogen and oxygen atoms in total. The summed E-state index contributed by atoms with van der Waals surface area (Å²) >= 11 is 3.17. The number of aromatic nitrogens is 1. The van der Waals surface area contributed by atoms with Crippen molar-refractivity contribution in [2.24, 2.45) is 7.05 Å². The van der Waals surface area contributed by atoms with Gasteiger partial charge in [0.05, 0.1) is 4.47 Å². The van der Waals surface area contributed by atoms with Gasteiger partial charge in [-0.05, 0) is 40.5 Å². The van der Waals surface area contributed by atoms with Gasteiger partial charge in [-0.2, -0.15) is 0 Å². The van der Waals surface area contributed by atoms with Crippen molar-refractivity contribution in [2.45, 2.75) is 6.92 Å². The molecule has 1 heterocycles. The molecule has 0 fully saturated rings. The van der Waals surface area contributed by atoms with E-state index in [9.17, 15) is 4.39 Å². The van der Waals surface area contributed by atoms with Crippen molar-refractivity contribution in [1.82, 2.24) is 4.57 Å². The van der Waals surface area contributed by atoms with Gasteiger partial charge in [-0.15, -0.1) is 0 Å². The van der Waals surface area contributed by atoms with Gasteiger partial charge in [-0.3, -0.25) is 0 Å². The van der Waals surface area contributed by atoms with E-state index in [4.69, 9.17) is 0 Å². The van der Waals surface area contributed by atoms with E-state index in [0.29, 0.717) is 4.47 Å². The standard InChI is InChI=1S/C10H9BrFN/c1-6-5-13(2)10-4-8(11)9(12)3-7(6)10/h3-5H,1-2H3. The molecule has 0 aliphatic rings. The summed E-state index contributed by atoms with van der Waals surface area (Å²) in [5, 5.41) is 0.975. The molecule has 13 heavy (non-hydrogen) atoms. The highest BCUT2D eigenvalue weighted by Crippen LogP contribution is 2.26. The number of aryl methyl sites for hydroxylation is 2. The number of nitrogens with zero attached hydrogens (tertiary/aromatic N) is 1. The maximum Gasteiger partial charge on any atom is 0.138 e. The van der Waals surface area contributed by atoms with Gasteiger partial charge in [0, 0.05) is 24.1 Å². The fourth-order valence-electron chi connectivity index (χ4n) is 1.57. The van der Waals surface area contributed by atoms with E-state index in [-0.39, 0.29) is 5.82 Å². The Morgan fingerprint density at radius 1 is 1.38 bits per heavy atom. The molecule has 0 bridgehead atoms. The third-order valence-electron chi connectivity index (χ3n) is 2.23. The van der Waals surface area contributed by atoms with Crippen molar-refractivity contribution in [3.8, 4) is 0 Å². The average molecular weight is 242 g/mol. The minimum absolute atomic E-state index is 0.207. The van der Waals surface area contributed by atoms with Gasteiger partial charge in [0.2, 0.25) is 0 Å². The summed E-state index contributed by atoms with van der Waals surface area (Å²) in [5.41, 5.74) is 2.15. The second-order valence-corrected chi connectivity index (χ2v) is 4.06. The average Bonchev–Trinajstić information content (AvgIpc) is 2.31. The fraction of sp³-hybridized carbons (Fsp3) is 0.200. The molecular formula is C10H9BrFN. The van der Waals surface area contributed by atoms with Crippen LogP contribution in [0.1, 0.15) is 5.56 Å². The van der Waals surface area contributed by atoms with Crippen LogP contribution in [0.2, 0.25) is 0 Å². The first-order chi connectivity index (χ1) is 6.09. The largest absolute Gasteiger partial charge is 0.350 e. The predicted octanol–water partition coefficient (Wildman–Crippen LogP) is 3.39. The smallest absolute Gasteiger partial charge is 0.138 e. The molecule has 0 N–H and O–H groups in total. The molecule has 2 aromatic rings. The molecule has 0 saturated heterocycles. The molecule has 0 aliphatic heterocycles. The summed E-state index contributed by atoms with van der Waals surface area (Å²) in [7, 11) is 1.96. The summed E-state index contributed by atoms with van der Waals surface area (Å²) in [6.45, 7) is 1.98. The molecule has 0 amide bonds. The van der Waals surface area contributed by atoms with E-state index in [1.165, 1.54) is 0 Å². The van der Waals surface area contributed by atoms with Crippen LogP contribution in [0.25, 0.3) is 10.9 Å². The Kier molecular flexibility index (Phi) is 1.91. The SMILES string of the molecule is Cc1cn(C)c2cc(Br)c(F)cc12. The van der Waals surface area contributed by atoms with Crippen LogP contribution in [0, 0.1) is 12.7 Å². The van der Waals surface area contributed by atoms with Crippen LogP contribution in [-0.2, 0) is 7.05 Å². The van der Waals surface area contributed by atoms with Crippen molar-refractivity contribution in [1.29, 1.82) is 0 Å². The Hall–Kier alpha value is -0.830. The molecule has 0 unspecified atom stereocenters. The predicted molar refractivity (Wildman–Crippen MR) is 55.3 cm³/mol. The second kappa shape index (κ2) is 2.84. The summed E-state index contributed by atoms with van der Waals surface area (Å²) < 4.78 is 15.7. The van der Waals surface area contributed by atoms with Crippen LogP contribution in [0.5, 0.6) is 0 Å². The molecular weight excluding hydrogens is 233 g/mol. The molecule has 1 aromatic carbocycles. The molecule has 0 atom stereocenters. The molecule has 1 aromatic heterocycles. The lowest BCUT2D eigenvalue weighted by Crippen LogP contribution is -1.84. The summed E-state index contributed by atoms with van der Waals surface area (Å²) in [5.74, 6) is -0.207. The number of halogens is 2. The highest BCUT2D eigenvalue weighted by atomic mass is 79.9. The third-order valence-corrected chi connectivity index (χ3v) is 2.84. The Bertz CT molecular complexity index is 431. The number of fused-ring (bicyclic) bond motifs is 1. The van der Waals surface area contributed by atoms with Crippen molar-refractivity contribution in [3.05, 3.63) is 34.2 Å². The zero-order chi connectivity index (χ0) is 9.59. The van der Waals surface area contributed by atoms with Crippen LogP contribution < -0.4 is 0 Å². The molecule has 3 heteroatoms. The lowest BCUT2D eigenvalue weighted by Gasteiger charge is -1.98. The van der Waals surface area contributed by atoms with Gasteiger partial charge in [-0.25, -0.2) is 4.39 Å². The van der Waals surface area contributed by atoms with Gasteiger partial charge in [0.25, 0.3) is 0 Å². The summed E-state index contributed by atoms with van der Waals surface area (Å²) in [6, 6.07) is 3.37. The topological polar surface area (TPSA) is 4.93 Å². The highest BCUT2D eigenvalue weighted by Gasteiger charge is 2.07. The van der Waals surface area contributed by atoms with Crippen LogP contribution >= 0.6 is 15.9 Å². The minimum Gasteiger partial charge on any atom is -0.350 e. The normalized spacial score (nSPS) is 11.1. The Labute approximate surface area is 84.3 Å². The van der Waals surface area contributed by atoms with E-state index in [1.54, 1.807) is 12.1 Å². The zero-order valence-electron chi connectivity index (χ0n) is 7.44. The fourth-order valence-corrected chi connectivity index (χ4v) is 1.90. The van der Waals surface area contributed by atoms with Crippen LogP contribution in [-0.4, -0.2) is 4.57 Å². The maximum atomic E-state index is 13.2. The Balaban J connectivity index is 2.91. The summed E-state index contributed by atoms with van der Waals surface area (Å²) in [4.78, 5) is 0. The zero-order valence-corrected chi connectivity index (χ0v) is 9.02. The number of rotatable bonds is 0. The van der Waals surface area contributed by atoms with Crippen molar-refractivity contribution in [2.75, 3.05) is 0 Å². The molecule has 68 valence electrons. The van der Waals surface area contributed by atoms with E-state index >= 15 is 0 Å². The molecule has 0 aliphatic carbocycles. The van der Waals surface area contributed by atoms with Crippen molar-refractivity contribution in [3.63, 3.8) is 0 Å². The first-order valence-corrected chi connectivity index (χ1v) is 4.79. The van der Waals surface area contributed by atoms with Crippen LogP contribution in [0.15, 0.2) is 22.8 Å². The minimum atomic E-state index is -0.207. The first-order valence-electron chi connectivity index (χ1n) is 4.00. The van der Waals surface area contributed by atoms with Gasteiger partial charge in [0.15, 0.2) is 0 Å². The molecule has 2 rings (SSSR count). The Morgan fingerprint density at radius 3 is 2.77 bits per heavy atom. The maximum absolute atomic E-state index is 13.2. The third kappa shape index (κ3) is 1.27. The van der Waals surface area contributed by atoms with E-state index in [0.717, 1.165) is 16.5 Å². The first kappa shape index (κ1) is 8.75. The Morgan fingerprint density at radius 2 is 2.08 bits per heavy atom. The lowest BCUT2D eigenvalue weighted by molar-refractivity contribution is 0.623.